The van der Waals surface area contributed by atoms with Gasteiger partial charge in [0.1, 0.15) is 13.2 Å². The van der Waals surface area contributed by atoms with Gasteiger partial charge in [-0.1, -0.05) is 172 Å². The highest BCUT2D eigenvalue weighted by Gasteiger charge is 2.25. The van der Waals surface area contributed by atoms with Gasteiger partial charge in [-0.2, -0.15) is 0 Å². The van der Waals surface area contributed by atoms with Gasteiger partial charge in [0.2, 0.25) is 0 Å². The summed E-state index contributed by atoms with van der Waals surface area (Å²) in [5.74, 6) is -2.17. The third kappa shape index (κ3) is 50.6. The number of nitrogens with zero attached hydrogens (tertiary/aromatic N) is 1. The molecule has 0 heterocycles. The molecule has 0 saturated carbocycles. The summed E-state index contributed by atoms with van der Waals surface area (Å²) < 4.78 is 22.7. The van der Waals surface area contributed by atoms with Gasteiger partial charge in [0.15, 0.2) is 6.10 Å². The molecular formula is C60H92NO8+. The largest absolute Gasteiger partial charge is 0.477 e. The molecule has 9 heteroatoms. The Hall–Kier alpha value is -5.09. The number of carbonyl (C=O) groups excluding carboxylic acids is 2. The summed E-state index contributed by atoms with van der Waals surface area (Å²) in [5.41, 5.74) is 0. The number of carbonyl (C=O) groups is 3. The van der Waals surface area contributed by atoms with Gasteiger partial charge in [0.05, 0.1) is 34.4 Å². The molecule has 0 rings (SSSR count). The molecule has 0 aliphatic carbocycles. The normalized spacial score (nSPS) is 14.2. The summed E-state index contributed by atoms with van der Waals surface area (Å²) in [5, 5.41) is 9.67. The van der Waals surface area contributed by atoms with Gasteiger partial charge in [-0.15, -0.1) is 0 Å². The van der Waals surface area contributed by atoms with E-state index in [0.717, 1.165) is 103 Å². The first-order valence-electron chi connectivity index (χ1n) is 25.6. The van der Waals surface area contributed by atoms with E-state index in [9.17, 15) is 19.5 Å². The third-order valence-corrected chi connectivity index (χ3v) is 9.78. The summed E-state index contributed by atoms with van der Waals surface area (Å²) in [6.45, 7) is 4.48. The van der Waals surface area contributed by atoms with Crippen LogP contribution in [0.2, 0.25) is 0 Å². The van der Waals surface area contributed by atoms with E-state index in [-0.39, 0.29) is 32.7 Å². The maximum absolute atomic E-state index is 12.8. The van der Waals surface area contributed by atoms with Gasteiger partial charge in [-0.3, -0.25) is 9.59 Å². The van der Waals surface area contributed by atoms with E-state index in [1.54, 1.807) is 0 Å². The Morgan fingerprint density at radius 3 is 1.14 bits per heavy atom. The Balaban J connectivity index is 4.55. The lowest BCUT2D eigenvalue weighted by Crippen LogP contribution is -2.40. The molecule has 0 aromatic carbocycles. The monoisotopic (exact) mass is 955 g/mol. The second-order valence-corrected chi connectivity index (χ2v) is 17.4. The molecule has 0 spiro atoms. The molecule has 9 nitrogen and oxygen atoms in total. The van der Waals surface area contributed by atoms with E-state index in [0.29, 0.717) is 23.9 Å². The number of rotatable bonds is 44. The van der Waals surface area contributed by atoms with Gasteiger partial charge in [0, 0.05) is 12.8 Å². The number of ether oxygens (including phenoxy) is 4. The number of hydrogen-bond acceptors (Lipinski definition) is 7. The predicted octanol–water partition coefficient (Wildman–Crippen LogP) is 14.7. The van der Waals surface area contributed by atoms with Crippen LogP contribution in [0.3, 0.4) is 0 Å². The van der Waals surface area contributed by atoms with Crippen LogP contribution in [0.1, 0.15) is 142 Å². The highest BCUT2D eigenvalue weighted by atomic mass is 16.7. The molecule has 0 aliphatic rings. The van der Waals surface area contributed by atoms with Crippen molar-refractivity contribution in [1.82, 2.24) is 0 Å². The molecule has 2 unspecified atom stereocenters. The van der Waals surface area contributed by atoms with Crippen molar-refractivity contribution in [2.75, 3.05) is 47.5 Å². The fraction of sp³-hybridized carbons (Fsp3) is 0.517. The van der Waals surface area contributed by atoms with Crippen molar-refractivity contribution in [2.24, 2.45) is 0 Å². The standard InChI is InChI=1S/C60H91NO8/c1-6-8-10-12-14-16-18-20-22-24-25-26-27-28-29-30-31-32-33-35-37-39-41-43-45-47-49-51-58(63)69-56(55-68-60(59(64)65)66-53-52-61(3,4)5)54-67-57(62)50-48-46-44-42-40-38-36-34-23-21-19-17-15-13-11-9-7-2/h8-11,14-17,20-23,25-26,28-29,31-32,35-38,41-44,56,60H,6-7,12-13,18-19,24,27,30,33-34,39-40,45-55H2,1-5H3/p+1/b10-8-,11-9-,16-14-,17-15-,22-20-,23-21-,26-25-,29-28-,32-31-,37-35-,38-36-,43-41-,44-42-. The molecule has 384 valence electrons. The van der Waals surface area contributed by atoms with E-state index >= 15 is 0 Å². The maximum Gasteiger partial charge on any atom is 0.361 e. The molecule has 0 aromatic heterocycles. The fourth-order valence-electron chi connectivity index (χ4n) is 5.88. The Morgan fingerprint density at radius 1 is 0.435 bits per heavy atom. The molecule has 0 aromatic rings. The van der Waals surface area contributed by atoms with Crippen LogP contribution < -0.4 is 0 Å². The van der Waals surface area contributed by atoms with Crippen LogP contribution >= 0.6 is 0 Å². The Kier molecular flexibility index (Phi) is 45.7. The summed E-state index contributed by atoms with van der Waals surface area (Å²) in [4.78, 5) is 37.2. The first-order chi connectivity index (χ1) is 33.6. The third-order valence-electron chi connectivity index (χ3n) is 9.78. The van der Waals surface area contributed by atoms with Crippen molar-refractivity contribution in [3.05, 3.63) is 158 Å². The van der Waals surface area contributed by atoms with E-state index in [1.807, 2.05) is 21.1 Å². The Labute approximate surface area is 419 Å². The molecule has 1 N–H and O–H groups in total. The Morgan fingerprint density at radius 2 is 0.783 bits per heavy atom. The maximum atomic E-state index is 12.8. The van der Waals surface area contributed by atoms with E-state index in [1.165, 1.54) is 0 Å². The number of carboxylic acids is 1. The smallest absolute Gasteiger partial charge is 0.361 e. The van der Waals surface area contributed by atoms with Crippen LogP contribution in [0.15, 0.2) is 158 Å². The molecule has 0 amide bonds. The van der Waals surface area contributed by atoms with Crippen LogP contribution in [-0.4, -0.2) is 87.4 Å². The Bertz CT molecular complexity index is 1680. The van der Waals surface area contributed by atoms with E-state index in [4.69, 9.17) is 18.9 Å². The summed E-state index contributed by atoms with van der Waals surface area (Å²) >= 11 is 0. The van der Waals surface area contributed by atoms with Crippen molar-refractivity contribution in [3.8, 4) is 0 Å². The molecular weight excluding hydrogens is 863 g/mol. The molecule has 0 fully saturated rings. The van der Waals surface area contributed by atoms with Crippen molar-refractivity contribution in [1.29, 1.82) is 0 Å². The number of aliphatic carboxylic acids is 1. The minimum Gasteiger partial charge on any atom is -0.477 e. The summed E-state index contributed by atoms with van der Waals surface area (Å²) in [7, 11) is 5.91. The lowest BCUT2D eigenvalue weighted by Gasteiger charge is -2.25. The van der Waals surface area contributed by atoms with Gasteiger partial charge in [-0.25, -0.2) is 4.79 Å². The highest BCUT2D eigenvalue weighted by Crippen LogP contribution is 2.09. The van der Waals surface area contributed by atoms with Gasteiger partial charge in [0.25, 0.3) is 6.29 Å². The number of hydrogen-bond donors (Lipinski definition) is 1. The number of carboxylic acid groups (broad SMARTS) is 1. The summed E-state index contributed by atoms with van der Waals surface area (Å²) in [6, 6.07) is 0. The van der Waals surface area contributed by atoms with Gasteiger partial charge < -0.3 is 28.5 Å². The predicted molar refractivity (Wildman–Crippen MR) is 290 cm³/mol. The zero-order valence-corrected chi connectivity index (χ0v) is 43.4. The second-order valence-electron chi connectivity index (χ2n) is 17.4. The zero-order chi connectivity index (χ0) is 50.6. The van der Waals surface area contributed by atoms with Crippen molar-refractivity contribution in [3.63, 3.8) is 0 Å². The molecule has 0 saturated heterocycles. The molecule has 69 heavy (non-hydrogen) atoms. The van der Waals surface area contributed by atoms with Gasteiger partial charge in [-0.05, 0) is 116 Å². The number of likely N-dealkylation sites (N-methyl/N-ethyl adjacent to an activating group) is 1. The van der Waals surface area contributed by atoms with Crippen molar-refractivity contribution in [2.45, 2.75) is 155 Å². The topological polar surface area (TPSA) is 108 Å². The quantitative estimate of drug-likeness (QED) is 0.0211. The highest BCUT2D eigenvalue weighted by molar-refractivity contribution is 5.71. The van der Waals surface area contributed by atoms with Crippen LogP contribution in [0.25, 0.3) is 0 Å². The molecule has 0 bridgehead atoms. The fourth-order valence-corrected chi connectivity index (χ4v) is 5.88. The number of allylic oxidation sites excluding steroid dienone is 26. The SMILES string of the molecule is CC/C=C\C/C=C\C/C=C\C/C=C\C/C=C\C/C=C\C/C=C\C/C=C\CCCCC(=O)OC(COC(=O)CCC/C=C\C/C=C\C/C=C\C/C=C\C/C=C\CC)COC(OCC[N+](C)(C)C)C(=O)O. The van der Waals surface area contributed by atoms with Crippen LogP contribution in [0, 0.1) is 0 Å². The number of quaternary nitrogens is 1. The van der Waals surface area contributed by atoms with Crippen LogP contribution in [0.4, 0.5) is 0 Å². The van der Waals surface area contributed by atoms with Crippen LogP contribution in [0.5, 0.6) is 0 Å². The van der Waals surface area contributed by atoms with Gasteiger partial charge >= 0.3 is 17.9 Å². The molecule has 2 atom stereocenters. The average Bonchev–Trinajstić information content (AvgIpc) is 3.31. The van der Waals surface area contributed by atoms with E-state index in [2.05, 4.69) is 172 Å². The second kappa shape index (κ2) is 49.3. The van der Waals surface area contributed by atoms with Crippen LogP contribution in [-0.2, 0) is 33.3 Å². The minimum atomic E-state index is -1.55. The summed E-state index contributed by atoms with van der Waals surface area (Å²) in [6.07, 6.45) is 70.4. The first-order valence-corrected chi connectivity index (χ1v) is 25.6. The lowest BCUT2D eigenvalue weighted by atomic mass is 10.2. The molecule has 0 radical (unpaired) electrons. The zero-order valence-electron chi connectivity index (χ0n) is 43.4. The number of unbranched alkanes of at least 4 members (excludes halogenated alkanes) is 3. The number of esters is 2. The van der Waals surface area contributed by atoms with Crippen molar-refractivity contribution < 1.29 is 42.9 Å². The van der Waals surface area contributed by atoms with E-state index < -0.39 is 30.3 Å². The molecule has 0 aliphatic heterocycles. The lowest BCUT2D eigenvalue weighted by molar-refractivity contribution is -0.870. The first kappa shape index (κ1) is 63.9. The average molecular weight is 955 g/mol. The van der Waals surface area contributed by atoms with Crippen molar-refractivity contribution >= 4 is 17.9 Å². The minimum absolute atomic E-state index is 0.160.